The van der Waals surface area contributed by atoms with E-state index in [1.807, 2.05) is 0 Å². The molecule has 0 spiro atoms. The molecule has 0 aliphatic carbocycles. The van der Waals surface area contributed by atoms with Gasteiger partial charge in [-0.3, -0.25) is 4.39 Å². The Morgan fingerprint density at radius 2 is 2.23 bits per heavy atom. The molecule has 0 bridgehead atoms. The maximum absolute atomic E-state index is 12.4. The van der Waals surface area contributed by atoms with Crippen molar-refractivity contribution in [3.8, 4) is 5.75 Å². The van der Waals surface area contributed by atoms with Crippen LogP contribution >= 0.6 is 11.6 Å². The van der Waals surface area contributed by atoms with Crippen LogP contribution in [0.15, 0.2) is 18.2 Å². The molecule has 13 heavy (non-hydrogen) atoms. The van der Waals surface area contributed by atoms with Crippen molar-refractivity contribution in [1.29, 1.82) is 0 Å². The zero-order valence-corrected chi connectivity index (χ0v) is 8.36. The summed E-state index contributed by atoms with van der Waals surface area (Å²) in [6, 6.07) is 5.18. The van der Waals surface area contributed by atoms with Crippen LogP contribution in [0.2, 0.25) is 5.02 Å². The summed E-state index contributed by atoms with van der Waals surface area (Å²) >= 11 is 5.88. The number of hydrogen-bond acceptors (Lipinski definition) is 1. The van der Waals surface area contributed by atoms with Crippen LogP contribution in [0.25, 0.3) is 0 Å². The zero-order valence-electron chi connectivity index (χ0n) is 7.60. The molecule has 71 valence electrons. The van der Waals surface area contributed by atoms with Crippen LogP contribution < -0.4 is 4.74 Å². The van der Waals surface area contributed by atoms with Crippen molar-refractivity contribution in [2.24, 2.45) is 0 Å². The van der Waals surface area contributed by atoms with Crippen molar-refractivity contribution >= 4 is 11.6 Å². The van der Waals surface area contributed by atoms with Crippen molar-refractivity contribution in [1.82, 2.24) is 0 Å². The van der Waals surface area contributed by atoms with Crippen molar-refractivity contribution < 1.29 is 9.13 Å². The predicted molar refractivity (Wildman–Crippen MR) is 52.0 cm³/mol. The van der Waals surface area contributed by atoms with Crippen LogP contribution in [0.3, 0.4) is 0 Å². The summed E-state index contributed by atoms with van der Waals surface area (Å²) in [6.45, 7) is 1.22. The molecule has 0 heterocycles. The molecule has 0 aliphatic rings. The summed E-state index contributed by atoms with van der Waals surface area (Å²) in [5, 5.41) is 0.552. The van der Waals surface area contributed by atoms with E-state index in [0.29, 0.717) is 22.3 Å². The molecular weight excluding hydrogens is 191 g/mol. The van der Waals surface area contributed by atoms with E-state index >= 15 is 0 Å². The molecule has 1 nitrogen and oxygen atoms in total. The van der Waals surface area contributed by atoms with Crippen LogP contribution in [0.5, 0.6) is 5.75 Å². The molecule has 3 heteroatoms. The summed E-state index contributed by atoms with van der Waals surface area (Å²) in [7, 11) is 1.57. The van der Waals surface area contributed by atoms with Crippen molar-refractivity contribution in [3.63, 3.8) is 0 Å². The van der Waals surface area contributed by atoms with Gasteiger partial charge < -0.3 is 4.74 Å². The summed E-state index contributed by atoms with van der Waals surface area (Å²) < 4.78 is 17.4. The van der Waals surface area contributed by atoms with E-state index in [0.717, 1.165) is 0 Å². The van der Waals surface area contributed by atoms with Gasteiger partial charge in [-0.2, -0.15) is 0 Å². The second-order valence-corrected chi connectivity index (χ2v) is 3.17. The molecule has 0 saturated heterocycles. The van der Waals surface area contributed by atoms with Gasteiger partial charge in [-0.05, 0) is 23.8 Å². The lowest BCUT2D eigenvalue weighted by atomic mass is 10.0. The Kier molecular flexibility index (Phi) is 3.55. The highest BCUT2D eigenvalue weighted by molar-refractivity contribution is 6.31. The van der Waals surface area contributed by atoms with Gasteiger partial charge in [0.15, 0.2) is 0 Å². The molecular formula is C10H11ClFO. The van der Waals surface area contributed by atoms with Crippen LogP contribution in [0.1, 0.15) is 12.5 Å². The van der Waals surface area contributed by atoms with Gasteiger partial charge in [0, 0.05) is 10.9 Å². The first-order valence-corrected chi connectivity index (χ1v) is 4.29. The second-order valence-electron chi connectivity index (χ2n) is 2.76. The Bertz CT molecular complexity index is 288. The molecule has 0 unspecified atom stereocenters. The highest BCUT2D eigenvalue weighted by Crippen LogP contribution is 2.27. The average molecular weight is 202 g/mol. The Labute approximate surface area is 82.5 Å². The maximum Gasteiger partial charge on any atom is 0.119 e. The minimum Gasteiger partial charge on any atom is -0.497 e. The lowest BCUT2D eigenvalue weighted by Crippen LogP contribution is -1.98. The van der Waals surface area contributed by atoms with Crippen LogP contribution in [-0.2, 0) is 0 Å². The number of alkyl halides is 1. The summed E-state index contributed by atoms with van der Waals surface area (Å²) in [4.78, 5) is 0. The van der Waals surface area contributed by atoms with Crippen LogP contribution in [0, 0.1) is 5.92 Å². The summed E-state index contributed by atoms with van der Waals surface area (Å²) in [5.74, 6) is 1.30. The van der Waals surface area contributed by atoms with Gasteiger partial charge in [-0.25, -0.2) is 0 Å². The van der Waals surface area contributed by atoms with Gasteiger partial charge in [-0.15, -0.1) is 0 Å². The lowest BCUT2D eigenvalue weighted by molar-refractivity contribution is 0.414. The SMILES string of the molecule is COc1ccc(Cl)c([C](C)CF)c1. The highest BCUT2D eigenvalue weighted by Gasteiger charge is 2.10. The van der Waals surface area contributed by atoms with Crippen LogP contribution in [0.4, 0.5) is 4.39 Å². The molecule has 0 N–H and O–H groups in total. The largest absolute Gasteiger partial charge is 0.497 e. The van der Waals surface area contributed by atoms with Gasteiger partial charge in [0.2, 0.25) is 0 Å². The second kappa shape index (κ2) is 4.47. The van der Waals surface area contributed by atoms with E-state index in [2.05, 4.69) is 0 Å². The molecule has 1 rings (SSSR count). The molecule has 0 saturated carbocycles. The van der Waals surface area contributed by atoms with E-state index < -0.39 is 6.67 Å². The molecule has 1 radical (unpaired) electrons. The number of ether oxygens (including phenoxy) is 1. The predicted octanol–water partition coefficient (Wildman–Crippen LogP) is 3.26. The topological polar surface area (TPSA) is 9.23 Å². The lowest BCUT2D eigenvalue weighted by Gasteiger charge is -2.10. The first-order valence-electron chi connectivity index (χ1n) is 3.91. The standard InChI is InChI=1S/C10H11ClFO/c1-7(6-12)9-5-8(13-2)3-4-10(9)11/h3-5H,6H2,1-2H3. The van der Waals surface area contributed by atoms with Gasteiger partial charge in [-0.1, -0.05) is 18.5 Å². The van der Waals surface area contributed by atoms with Gasteiger partial charge in [0.25, 0.3) is 0 Å². The fourth-order valence-corrected chi connectivity index (χ4v) is 1.31. The molecule has 1 aromatic carbocycles. The Balaban J connectivity index is 3.03. The zero-order chi connectivity index (χ0) is 9.84. The number of halogens is 2. The van der Waals surface area contributed by atoms with Gasteiger partial charge in [0.05, 0.1) is 13.8 Å². The smallest absolute Gasteiger partial charge is 0.119 e. The summed E-state index contributed by atoms with van der Waals surface area (Å²) in [5.41, 5.74) is 0.712. The van der Waals surface area contributed by atoms with Crippen LogP contribution in [-0.4, -0.2) is 13.8 Å². The van der Waals surface area contributed by atoms with Gasteiger partial charge >= 0.3 is 0 Å². The summed E-state index contributed by atoms with van der Waals surface area (Å²) in [6.07, 6.45) is 0. The van der Waals surface area contributed by atoms with E-state index in [9.17, 15) is 4.39 Å². The normalized spacial score (nSPS) is 10.5. The quantitative estimate of drug-likeness (QED) is 0.730. The van der Waals surface area contributed by atoms with E-state index in [4.69, 9.17) is 16.3 Å². The van der Waals surface area contributed by atoms with E-state index in [-0.39, 0.29) is 0 Å². The van der Waals surface area contributed by atoms with Gasteiger partial charge in [0.1, 0.15) is 5.75 Å². The number of rotatable bonds is 3. The molecule has 0 atom stereocenters. The first kappa shape index (κ1) is 10.3. The third-order valence-electron chi connectivity index (χ3n) is 1.83. The molecule has 0 aliphatic heterocycles. The average Bonchev–Trinajstić information content (AvgIpc) is 2.17. The molecule has 1 aromatic rings. The van der Waals surface area contributed by atoms with E-state index in [1.165, 1.54) is 0 Å². The number of hydrogen-bond donors (Lipinski definition) is 0. The fourth-order valence-electron chi connectivity index (χ4n) is 1.03. The Hall–Kier alpha value is -0.760. The number of benzene rings is 1. The number of methoxy groups -OCH3 is 1. The first-order chi connectivity index (χ1) is 6.19. The van der Waals surface area contributed by atoms with Crippen molar-refractivity contribution in [2.45, 2.75) is 6.92 Å². The van der Waals surface area contributed by atoms with Crippen molar-refractivity contribution in [2.75, 3.05) is 13.8 Å². The van der Waals surface area contributed by atoms with E-state index in [1.54, 1.807) is 32.2 Å². The Morgan fingerprint density at radius 3 is 2.77 bits per heavy atom. The maximum atomic E-state index is 12.4. The Morgan fingerprint density at radius 1 is 1.54 bits per heavy atom. The molecule has 0 fully saturated rings. The monoisotopic (exact) mass is 201 g/mol. The fraction of sp³-hybridized carbons (Fsp3) is 0.300. The van der Waals surface area contributed by atoms with Crippen molar-refractivity contribution in [3.05, 3.63) is 34.7 Å². The third kappa shape index (κ3) is 2.34. The minimum atomic E-state index is -0.493. The third-order valence-corrected chi connectivity index (χ3v) is 2.16. The molecule has 0 aromatic heterocycles. The highest BCUT2D eigenvalue weighted by atomic mass is 35.5. The minimum absolute atomic E-state index is 0.493. The molecule has 0 amide bonds.